The number of thiazole rings is 1. The first-order chi connectivity index (χ1) is 19.1. The zero-order valence-electron chi connectivity index (χ0n) is 21.4. The Labute approximate surface area is 229 Å². The summed E-state index contributed by atoms with van der Waals surface area (Å²) in [6, 6.07) is 1.90. The minimum Gasteiger partial charge on any atom is -0.494 e. The van der Waals surface area contributed by atoms with Gasteiger partial charge in [0.15, 0.2) is 23.0 Å². The van der Waals surface area contributed by atoms with E-state index in [9.17, 15) is 18.3 Å². The lowest BCUT2D eigenvalue weighted by atomic mass is 9.81. The van der Waals surface area contributed by atoms with Crippen molar-refractivity contribution >= 4 is 34.1 Å². The first-order valence-corrected chi connectivity index (χ1v) is 12.9. The highest BCUT2D eigenvalue weighted by atomic mass is 32.1. The van der Waals surface area contributed by atoms with E-state index in [4.69, 9.17) is 20.9 Å². The molecule has 4 heterocycles. The van der Waals surface area contributed by atoms with E-state index in [1.165, 1.54) is 26.9 Å². The van der Waals surface area contributed by atoms with Crippen LogP contribution in [0.1, 0.15) is 11.3 Å². The van der Waals surface area contributed by atoms with Crippen molar-refractivity contribution in [3.8, 4) is 16.3 Å². The lowest BCUT2D eigenvalue weighted by Gasteiger charge is -2.47. The minimum absolute atomic E-state index is 0.115. The summed E-state index contributed by atoms with van der Waals surface area (Å²) in [6.07, 6.45) is -3.18. The Bertz CT molecular complexity index is 1530. The Morgan fingerprint density at radius 1 is 1.20 bits per heavy atom. The molecule has 0 aliphatic carbocycles. The maximum Gasteiger partial charge on any atom is 0.266 e. The topological polar surface area (TPSA) is 150 Å². The molecule has 40 heavy (non-hydrogen) atoms. The van der Waals surface area contributed by atoms with Gasteiger partial charge < -0.3 is 35.5 Å². The van der Waals surface area contributed by atoms with Crippen LogP contribution in [0.2, 0.25) is 0 Å². The number of anilines is 2. The standard InChI is InChI=1S/C24H26F4N8O3S/c1-38-14-6-12(25)11(5-13(14)26)23-34-21(35-4-3-16(39-2)24(30,8-35)18(37)19(27)28)15(40-23)7-36-10-33-17-20(29)31-9-32-22(17)36/h5-6,9-10,16,18-19,37H,3-4,7-8,30H2,1-2H3,(H2,29,31,32)/t16?,18-,24+/m1/s1. The number of halogens is 4. The zero-order chi connectivity index (χ0) is 28.8. The summed E-state index contributed by atoms with van der Waals surface area (Å²) in [4.78, 5) is 19.2. The van der Waals surface area contributed by atoms with Crippen LogP contribution in [0.5, 0.6) is 5.75 Å². The zero-order valence-corrected chi connectivity index (χ0v) is 22.2. The van der Waals surface area contributed by atoms with Crippen LogP contribution in [0.4, 0.5) is 29.2 Å². The molecule has 0 bridgehead atoms. The number of aromatic nitrogens is 5. The number of aliphatic hydroxyl groups is 1. The van der Waals surface area contributed by atoms with Gasteiger partial charge in [0.1, 0.15) is 34.6 Å². The van der Waals surface area contributed by atoms with Crippen molar-refractivity contribution in [3.05, 3.63) is 41.3 Å². The van der Waals surface area contributed by atoms with E-state index in [1.54, 1.807) is 9.47 Å². The van der Waals surface area contributed by atoms with Gasteiger partial charge in [-0.15, -0.1) is 11.3 Å². The number of benzene rings is 1. The number of imidazole rings is 1. The summed E-state index contributed by atoms with van der Waals surface area (Å²) in [6.45, 7) is 0.161. The van der Waals surface area contributed by atoms with Crippen LogP contribution >= 0.6 is 11.3 Å². The maximum absolute atomic E-state index is 15.0. The van der Waals surface area contributed by atoms with Gasteiger partial charge in [-0.3, -0.25) is 0 Å². The van der Waals surface area contributed by atoms with Crippen molar-refractivity contribution in [2.75, 3.05) is 37.9 Å². The van der Waals surface area contributed by atoms with Crippen molar-refractivity contribution in [1.29, 1.82) is 0 Å². The number of hydrogen-bond donors (Lipinski definition) is 3. The molecule has 1 unspecified atom stereocenters. The molecule has 3 atom stereocenters. The number of nitrogen functional groups attached to an aromatic ring is 1. The number of aliphatic hydroxyl groups excluding tert-OH is 1. The Hall–Kier alpha value is -3.60. The monoisotopic (exact) mass is 582 g/mol. The van der Waals surface area contributed by atoms with Gasteiger partial charge in [-0.25, -0.2) is 37.5 Å². The molecule has 1 saturated heterocycles. The number of piperidine rings is 1. The molecule has 1 aliphatic rings. The lowest BCUT2D eigenvalue weighted by Crippen LogP contribution is -2.70. The third-order valence-electron chi connectivity index (χ3n) is 6.99. The Morgan fingerprint density at radius 2 is 1.98 bits per heavy atom. The van der Waals surface area contributed by atoms with Gasteiger partial charge in [0.2, 0.25) is 0 Å². The number of alkyl halides is 2. The Kier molecular flexibility index (Phi) is 7.52. The van der Waals surface area contributed by atoms with E-state index in [1.807, 2.05) is 0 Å². The molecule has 3 aromatic heterocycles. The fourth-order valence-electron chi connectivity index (χ4n) is 4.92. The Morgan fingerprint density at radius 3 is 2.67 bits per heavy atom. The van der Waals surface area contributed by atoms with Crippen LogP contribution < -0.4 is 21.1 Å². The summed E-state index contributed by atoms with van der Waals surface area (Å²) < 4.78 is 68.8. The molecule has 16 heteroatoms. The second kappa shape index (κ2) is 10.8. The van der Waals surface area contributed by atoms with Gasteiger partial charge in [-0.2, -0.15) is 0 Å². The lowest BCUT2D eigenvalue weighted by molar-refractivity contribution is -0.102. The van der Waals surface area contributed by atoms with Crippen molar-refractivity contribution in [3.63, 3.8) is 0 Å². The van der Waals surface area contributed by atoms with Crippen molar-refractivity contribution in [2.24, 2.45) is 5.73 Å². The van der Waals surface area contributed by atoms with E-state index >= 15 is 4.39 Å². The van der Waals surface area contributed by atoms with Gasteiger partial charge in [-0.05, 0) is 12.5 Å². The molecule has 1 aliphatic heterocycles. The largest absolute Gasteiger partial charge is 0.494 e. The molecule has 0 spiro atoms. The highest BCUT2D eigenvalue weighted by Gasteiger charge is 2.50. The average molecular weight is 583 g/mol. The molecule has 0 amide bonds. The smallest absolute Gasteiger partial charge is 0.266 e. The van der Waals surface area contributed by atoms with E-state index in [0.29, 0.717) is 21.9 Å². The Balaban J connectivity index is 1.60. The fraction of sp³-hybridized carbons (Fsp3) is 0.417. The summed E-state index contributed by atoms with van der Waals surface area (Å²) in [7, 11) is 2.56. The molecule has 1 aromatic carbocycles. The molecular weight excluding hydrogens is 556 g/mol. The second-order valence-corrected chi connectivity index (χ2v) is 10.4. The molecule has 5 rings (SSSR count). The molecular formula is C24H26F4N8O3S. The van der Waals surface area contributed by atoms with E-state index < -0.39 is 35.8 Å². The number of hydrogen-bond acceptors (Lipinski definition) is 11. The predicted octanol–water partition coefficient (Wildman–Crippen LogP) is 2.42. The predicted molar refractivity (Wildman–Crippen MR) is 139 cm³/mol. The van der Waals surface area contributed by atoms with E-state index in [-0.39, 0.29) is 48.2 Å². The molecule has 1 fully saturated rings. The normalized spacial score (nSPS) is 20.4. The average Bonchev–Trinajstić information content (AvgIpc) is 3.54. The van der Waals surface area contributed by atoms with Gasteiger partial charge in [-0.1, -0.05) is 0 Å². The van der Waals surface area contributed by atoms with Gasteiger partial charge in [0.25, 0.3) is 6.43 Å². The van der Waals surface area contributed by atoms with Gasteiger partial charge >= 0.3 is 0 Å². The molecule has 5 N–H and O–H groups in total. The van der Waals surface area contributed by atoms with Crippen LogP contribution in [0, 0.1) is 11.6 Å². The number of fused-ring (bicyclic) bond motifs is 1. The van der Waals surface area contributed by atoms with Crippen molar-refractivity contribution in [2.45, 2.75) is 37.1 Å². The highest BCUT2D eigenvalue weighted by molar-refractivity contribution is 7.15. The summed E-state index contributed by atoms with van der Waals surface area (Å²) >= 11 is 1.07. The molecule has 214 valence electrons. The van der Waals surface area contributed by atoms with Gasteiger partial charge in [0, 0.05) is 31.8 Å². The van der Waals surface area contributed by atoms with Gasteiger partial charge in [0.05, 0.1) is 36.5 Å². The fourth-order valence-corrected chi connectivity index (χ4v) is 6.02. The number of methoxy groups -OCH3 is 2. The van der Waals surface area contributed by atoms with Crippen molar-refractivity contribution in [1.82, 2.24) is 24.5 Å². The number of nitrogens with zero attached hydrogens (tertiary/aromatic N) is 6. The van der Waals surface area contributed by atoms with Crippen LogP contribution in [-0.2, 0) is 11.3 Å². The minimum atomic E-state index is -3.12. The third-order valence-corrected chi connectivity index (χ3v) is 8.05. The molecule has 4 aromatic rings. The van der Waals surface area contributed by atoms with Crippen LogP contribution in [0.3, 0.4) is 0 Å². The van der Waals surface area contributed by atoms with Crippen molar-refractivity contribution < 1.29 is 32.1 Å². The first kappa shape index (κ1) is 27.9. The van der Waals surface area contributed by atoms with Crippen LogP contribution in [0.15, 0.2) is 24.8 Å². The highest BCUT2D eigenvalue weighted by Crippen LogP contribution is 2.39. The number of rotatable bonds is 8. The van der Waals surface area contributed by atoms with E-state index in [2.05, 4.69) is 19.9 Å². The maximum atomic E-state index is 15.0. The summed E-state index contributed by atoms with van der Waals surface area (Å²) in [5, 5.41) is 10.5. The number of nitrogens with two attached hydrogens (primary N) is 2. The second-order valence-electron chi connectivity index (χ2n) is 9.36. The number of ether oxygens (including phenoxy) is 2. The summed E-state index contributed by atoms with van der Waals surface area (Å²) in [5.74, 6) is -1.34. The molecule has 11 nitrogen and oxygen atoms in total. The summed E-state index contributed by atoms with van der Waals surface area (Å²) in [5.41, 5.74) is 11.1. The van der Waals surface area contributed by atoms with Crippen LogP contribution in [0.25, 0.3) is 21.7 Å². The van der Waals surface area contributed by atoms with E-state index in [0.717, 1.165) is 23.5 Å². The third kappa shape index (κ3) is 4.80. The molecule has 0 saturated carbocycles. The quantitative estimate of drug-likeness (QED) is 0.264. The first-order valence-electron chi connectivity index (χ1n) is 12.0. The molecule has 0 radical (unpaired) electrons. The SMILES string of the molecule is COc1cc(F)c(-c2nc(N3CCC(OC)[C@](N)([C@H](O)C(F)F)C3)c(Cn3cnc4c(N)ncnc43)s2)cc1F. The van der Waals surface area contributed by atoms with Crippen LogP contribution in [-0.4, -0.2) is 81.1 Å².